The van der Waals surface area contributed by atoms with Crippen molar-refractivity contribution in [3.05, 3.63) is 46.4 Å². The van der Waals surface area contributed by atoms with Crippen LogP contribution in [0.5, 0.6) is 0 Å². The topological polar surface area (TPSA) is 72.0 Å². The average Bonchev–Trinajstić information content (AvgIpc) is 2.90. The molecule has 0 amide bonds. The van der Waals surface area contributed by atoms with E-state index in [1.54, 1.807) is 43.3 Å². The summed E-state index contributed by atoms with van der Waals surface area (Å²) in [5.41, 5.74) is 2.33. The molecule has 0 saturated carbocycles. The maximum Gasteiger partial charge on any atom is 0.262 e. The zero-order valence-electron chi connectivity index (χ0n) is 10.9. The quantitative estimate of drug-likeness (QED) is 0.750. The van der Waals surface area contributed by atoms with E-state index in [2.05, 4.69) is 29.4 Å². The third kappa shape index (κ3) is 2.78. The van der Waals surface area contributed by atoms with Gasteiger partial charge in [-0.1, -0.05) is 28.1 Å². The number of hydrogen-bond donors (Lipinski definition) is 1. The monoisotopic (exact) mass is 383 g/mol. The molecular weight excluding hydrogens is 374 g/mol. The SMILES string of the molecule is Cc1ccc(Br)cc1S(=O)(=O)Nc1cccc2nsnc12. The summed E-state index contributed by atoms with van der Waals surface area (Å²) in [6, 6.07) is 10.4. The smallest absolute Gasteiger partial charge is 0.262 e. The van der Waals surface area contributed by atoms with Crippen LogP contribution in [0, 0.1) is 6.92 Å². The number of aryl methyl sites for hydroxylation is 1. The molecule has 3 rings (SSSR count). The summed E-state index contributed by atoms with van der Waals surface area (Å²) in [5, 5.41) is 0. The van der Waals surface area contributed by atoms with E-state index in [0.29, 0.717) is 26.8 Å². The minimum atomic E-state index is -3.68. The largest absolute Gasteiger partial charge is 0.277 e. The highest BCUT2D eigenvalue weighted by molar-refractivity contribution is 9.10. The number of aromatic nitrogens is 2. The summed E-state index contributed by atoms with van der Waals surface area (Å²) >= 11 is 4.35. The first-order valence-electron chi connectivity index (χ1n) is 5.97. The number of hydrogen-bond acceptors (Lipinski definition) is 5. The van der Waals surface area contributed by atoms with E-state index in [-0.39, 0.29) is 4.90 Å². The van der Waals surface area contributed by atoms with Gasteiger partial charge in [0.2, 0.25) is 0 Å². The molecule has 2 aromatic carbocycles. The second-order valence-electron chi connectivity index (χ2n) is 4.45. The summed E-state index contributed by atoms with van der Waals surface area (Å²) in [5.74, 6) is 0. The third-order valence-electron chi connectivity index (χ3n) is 2.97. The number of sulfonamides is 1. The van der Waals surface area contributed by atoms with Gasteiger partial charge in [0, 0.05) is 4.47 Å². The van der Waals surface area contributed by atoms with E-state index in [1.807, 2.05) is 0 Å². The van der Waals surface area contributed by atoms with Gasteiger partial charge in [0.1, 0.15) is 11.0 Å². The summed E-state index contributed by atoms with van der Waals surface area (Å²) in [6.45, 7) is 1.76. The Morgan fingerprint density at radius 2 is 2.00 bits per heavy atom. The Hall–Kier alpha value is -1.51. The molecule has 108 valence electrons. The minimum Gasteiger partial charge on any atom is -0.277 e. The van der Waals surface area contributed by atoms with Crippen LogP contribution in [-0.2, 0) is 10.0 Å². The van der Waals surface area contributed by atoms with Crippen LogP contribution in [0.2, 0.25) is 0 Å². The molecule has 0 aliphatic heterocycles. The number of benzene rings is 2. The van der Waals surface area contributed by atoms with Crippen molar-refractivity contribution >= 4 is 54.4 Å². The number of rotatable bonds is 3. The number of nitrogens with zero attached hydrogens (tertiary/aromatic N) is 2. The summed E-state index contributed by atoms with van der Waals surface area (Å²) in [7, 11) is -3.68. The Balaban J connectivity index is 2.08. The van der Waals surface area contributed by atoms with E-state index in [9.17, 15) is 8.42 Å². The number of fused-ring (bicyclic) bond motifs is 1. The molecule has 1 heterocycles. The highest BCUT2D eigenvalue weighted by Crippen LogP contribution is 2.26. The number of nitrogens with one attached hydrogen (secondary N) is 1. The molecule has 1 aromatic heterocycles. The Morgan fingerprint density at radius 3 is 2.81 bits per heavy atom. The van der Waals surface area contributed by atoms with Gasteiger partial charge in [-0.2, -0.15) is 8.75 Å². The van der Waals surface area contributed by atoms with Gasteiger partial charge < -0.3 is 0 Å². The zero-order valence-corrected chi connectivity index (χ0v) is 14.1. The van der Waals surface area contributed by atoms with Crippen LogP contribution in [0.25, 0.3) is 11.0 Å². The van der Waals surface area contributed by atoms with Crippen LogP contribution < -0.4 is 4.72 Å². The van der Waals surface area contributed by atoms with Crippen molar-refractivity contribution in [3.8, 4) is 0 Å². The standard InChI is InChI=1S/C13H10BrN3O2S2/c1-8-5-6-9(14)7-12(8)21(18,19)17-11-4-2-3-10-13(11)16-20-15-10/h2-7,17H,1H3. The van der Waals surface area contributed by atoms with Gasteiger partial charge in [-0.15, -0.1) is 0 Å². The van der Waals surface area contributed by atoms with E-state index < -0.39 is 10.0 Å². The van der Waals surface area contributed by atoms with E-state index in [1.165, 1.54) is 0 Å². The fourth-order valence-corrected chi connectivity index (χ4v) is 4.35. The van der Waals surface area contributed by atoms with Crippen LogP contribution in [-0.4, -0.2) is 17.2 Å². The molecular formula is C13H10BrN3O2S2. The van der Waals surface area contributed by atoms with Gasteiger partial charge in [0.25, 0.3) is 10.0 Å². The van der Waals surface area contributed by atoms with Crippen molar-refractivity contribution in [2.24, 2.45) is 0 Å². The fraction of sp³-hybridized carbons (Fsp3) is 0.0769. The average molecular weight is 384 g/mol. The van der Waals surface area contributed by atoms with Crippen molar-refractivity contribution in [1.82, 2.24) is 8.75 Å². The molecule has 0 aliphatic rings. The fourth-order valence-electron chi connectivity index (χ4n) is 1.95. The summed E-state index contributed by atoms with van der Waals surface area (Å²) in [4.78, 5) is 0.233. The van der Waals surface area contributed by atoms with Gasteiger partial charge in [-0.3, -0.25) is 4.72 Å². The molecule has 0 saturated heterocycles. The Bertz CT molecular complexity index is 922. The van der Waals surface area contributed by atoms with Crippen LogP contribution in [0.1, 0.15) is 5.56 Å². The molecule has 0 bridgehead atoms. The van der Waals surface area contributed by atoms with Crippen LogP contribution in [0.15, 0.2) is 45.8 Å². The molecule has 21 heavy (non-hydrogen) atoms. The van der Waals surface area contributed by atoms with E-state index in [4.69, 9.17) is 0 Å². The third-order valence-corrected chi connectivity index (χ3v) is 5.51. The van der Waals surface area contributed by atoms with Crippen molar-refractivity contribution in [2.45, 2.75) is 11.8 Å². The van der Waals surface area contributed by atoms with Crippen LogP contribution >= 0.6 is 27.7 Å². The minimum absolute atomic E-state index is 0.233. The molecule has 0 unspecified atom stereocenters. The highest BCUT2D eigenvalue weighted by Gasteiger charge is 2.19. The molecule has 1 N–H and O–H groups in total. The van der Waals surface area contributed by atoms with Crippen LogP contribution in [0.4, 0.5) is 5.69 Å². The molecule has 0 radical (unpaired) electrons. The predicted octanol–water partition coefficient (Wildman–Crippen LogP) is 3.56. The molecule has 0 spiro atoms. The molecule has 0 fully saturated rings. The first-order chi connectivity index (χ1) is 9.97. The first-order valence-corrected chi connectivity index (χ1v) is 8.98. The second-order valence-corrected chi connectivity index (χ2v) is 7.55. The summed E-state index contributed by atoms with van der Waals surface area (Å²) in [6.07, 6.45) is 0. The Labute approximate surface area is 134 Å². The lowest BCUT2D eigenvalue weighted by Crippen LogP contribution is -2.14. The molecule has 3 aromatic rings. The van der Waals surface area contributed by atoms with Crippen molar-refractivity contribution in [2.75, 3.05) is 4.72 Å². The lowest BCUT2D eigenvalue weighted by atomic mass is 10.2. The lowest BCUT2D eigenvalue weighted by molar-refractivity contribution is 0.600. The Kier molecular flexibility index (Phi) is 3.68. The Morgan fingerprint density at radius 1 is 1.19 bits per heavy atom. The van der Waals surface area contributed by atoms with Crippen molar-refractivity contribution < 1.29 is 8.42 Å². The van der Waals surface area contributed by atoms with Gasteiger partial charge in [0.05, 0.1) is 22.3 Å². The number of anilines is 1. The first kappa shape index (κ1) is 14.4. The van der Waals surface area contributed by atoms with Crippen molar-refractivity contribution in [1.29, 1.82) is 0 Å². The maximum atomic E-state index is 12.6. The van der Waals surface area contributed by atoms with E-state index >= 15 is 0 Å². The zero-order chi connectivity index (χ0) is 15.0. The second kappa shape index (κ2) is 5.36. The summed E-state index contributed by atoms with van der Waals surface area (Å²) < 4.78 is 36.7. The lowest BCUT2D eigenvalue weighted by Gasteiger charge is -2.11. The maximum absolute atomic E-state index is 12.6. The highest BCUT2D eigenvalue weighted by atomic mass is 79.9. The normalized spacial score (nSPS) is 11.7. The predicted molar refractivity (Wildman–Crippen MR) is 87.1 cm³/mol. The van der Waals surface area contributed by atoms with Crippen molar-refractivity contribution in [3.63, 3.8) is 0 Å². The molecule has 0 atom stereocenters. The molecule has 8 heteroatoms. The van der Waals surface area contributed by atoms with Gasteiger partial charge in [-0.25, -0.2) is 8.42 Å². The van der Waals surface area contributed by atoms with Crippen LogP contribution in [0.3, 0.4) is 0 Å². The van der Waals surface area contributed by atoms with E-state index in [0.717, 1.165) is 11.7 Å². The number of halogens is 1. The molecule has 0 aliphatic carbocycles. The molecule has 5 nitrogen and oxygen atoms in total. The van der Waals surface area contributed by atoms with Gasteiger partial charge in [0.15, 0.2) is 0 Å². The van der Waals surface area contributed by atoms with Gasteiger partial charge in [-0.05, 0) is 36.8 Å². The van der Waals surface area contributed by atoms with Gasteiger partial charge >= 0.3 is 0 Å².